The number of unbranched alkanes of at least 4 members (excludes halogenated alkanes) is 5. The molecule has 4 heteroatoms. The van der Waals surface area contributed by atoms with Gasteiger partial charge >= 0.3 is 6.18 Å². The highest BCUT2D eigenvalue weighted by Crippen LogP contribution is 2.29. The molecule has 118 valence electrons. The van der Waals surface area contributed by atoms with E-state index in [2.05, 4.69) is 6.92 Å². The molecule has 1 aromatic rings. The van der Waals surface area contributed by atoms with Crippen LogP contribution in [0, 0.1) is 0 Å². The van der Waals surface area contributed by atoms with Crippen molar-refractivity contribution in [2.45, 2.75) is 64.5 Å². The molecule has 0 atom stereocenters. The fourth-order valence-corrected chi connectivity index (χ4v) is 2.28. The second-order valence-corrected chi connectivity index (χ2v) is 5.43. The van der Waals surface area contributed by atoms with Crippen LogP contribution in [0.2, 0.25) is 0 Å². The topological polar surface area (TPSA) is 17.1 Å². The second kappa shape index (κ2) is 8.85. The van der Waals surface area contributed by atoms with Crippen LogP contribution in [0.25, 0.3) is 0 Å². The Balaban J connectivity index is 2.35. The van der Waals surface area contributed by atoms with Crippen molar-refractivity contribution in [1.82, 2.24) is 0 Å². The minimum atomic E-state index is -4.35. The molecule has 0 aliphatic heterocycles. The first kappa shape index (κ1) is 17.7. The third kappa shape index (κ3) is 7.30. The van der Waals surface area contributed by atoms with Gasteiger partial charge in [-0.3, -0.25) is 4.79 Å². The Hall–Kier alpha value is -1.32. The summed E-state index contributed by atoms with van der Waals surface area (Å²) < 4.78 is 37.7. The molecule has 0 N–H and O–H groups in total. The molecule has 0 fully saturated rings. The van der Waals surface area contributed by atoms with E-state index in [0.29, 0.717) is 12.0 Å². The molecule has 0 aromatic heterocycles. The van der Waals surface area contributed by atoms with Crippen LogP contribution in [0.5, 0.6) is 0 Å². The predicted molar refractivity (Wildman–Crippen MR) is 78.1 cm³/mol. The third-order valence-electron chi connectivity index (χ3n) is 3.46. The summed E-state index contributed by atoms with van der Waals surface area (Å²) in [6.45, 7) is 2.15. The average molecular weight is 300 g/mol. The maximum absolute atomic E-state index is 12.6. The van der Waals surface area contributed by atoms with Crippen molar-refractivity contribution < 1.29 is 18.0 Å². The van der Waals surface area contributed by atoms with E-state index in [-0.39, 0.29) is 12.2 Å². The fourth-order valence-electron chi connectivity index (χ4n) is 2.28. The Bertz CT molecular complexity index is 438. The summed E-state index contributed by atoms with van der Waals surface area (Å²) in [5.74, 6) is 0.0183. The molecule has 0 heterocycles. The van der Waals surface area contributed by atoms with Gasteiger partial charge in [-0.15, -0.1) is 0 Å². The van der Waals surface area contributed by atoms with Crippen LogP contribution in [0.1, 0.15) is 63.0 Å². The largest absolute Gasteiger partial charge is 0.416 e. The lowest BCUT2D eigenvalue weighted by Crippen LogP contribution is -2.07. The zero-order chi connectivity index (χ0) is 15.7. The minimum absolute atomic E-state index is 0.0183. The van der Waals surface area contributed by atoms with Crippen molar-refractivity contribution in [2.24, 2.45) is 0 Å². The van der Waals surface area contributed by atoms with E-state index in [9.17, 15) is 18.0 Å². The Labute approximate surface area is 124 Å². The highest BCUT2D eigenvalue weighted by atomic mass is 19.4. The average Bonchev–Trinajstić information content (AvgIpc) is 2.42. The first-order valence-electron chi connectivity index (χ1n) is 7.61. The molecule has 1 aromatic carbocycles. The van der Waals surface area contributed by atoms with Gasteiger partial charge in [-0.25, -0.2) is 0 Å². The smallest absolute Gasteiger partial charge is 0.299 e. The number of Topliss-reactive ketones (excluding diaryl/α,β-unsaturated/α-hetero) is 1. The van der Waals surface area contributed by atoms with Crippen molar-refractivity contribution in [3.63, 3.8) is 0 Å². The molecule has 1 nitrogen and oxygen atoms in total. The molecule has 0 bridgehead atoms. The lowest BCUT2D eigenvalue weighted by Gasteiger charge is -2.08. The molecule has 0 aliphatic rings. The maximum atomic E-state index is 12.6. The monoisotopic (exact) mass is 300 g/mol. The summed E-state index contributed by atoms with van der Waals surface area (Å²) in [4.78, 5) is 11.8. The molecule has 1 rings (SSSR count). The second-order valence-electron chi connectivity index (χ2n) is 5.43. The molecule has 0 amide bonds. The Morgan fingerprint density at radius 2 is 1.71 bits per heavy atom. The van der Waals surface area contributed by atoms with Crippen LogP contribution < -0.4 is 0 Å². The maximum Gasteiger partial charge on any atom is 0.416 e. The zero-order valence-corrected chi connectivity index (χ0v) is 12.5. The third-order valence-corrected chi connectivity index (χ3v) is 3.46. The number of benzene rings is 1. The van der Waals surface area contributed by atoms with Gasteiger partial charge in [0.25, 0.3) is 0 Å². The Morgan fingerprint density at radius 1 is 1.05 bits per heavy atom. The molecule has 0 saturated carbocycles. The number of rotatable bonds is 9. The van der Waals surface area contributed by atoms with Gasteiger partial charge in [0.1, 0.15) is 5.78 Å². The van der Waals surface area contributed by atoms with Gasteiger partial charge in [-0.2, -0.15) is 13.2 Å². The summed E-state index contributed by atoms with van der Waals surface area (Å²) in [5, 5.41) is 0. The van der Waals surface area contributed by atoms with E-state index < -0.39 is 11.7 Å². The highest BCUT2D eigenvalue weighted by molar-refractivity contribution is 5.80. The number of halogens is 3. The lowest BCUT2D eigenvalue weighted by molar-refractivity contribution is -0.137. The van der Waals surface area contributed by atoms with Gasteiger partial charge in [0.15, 0.2) is 0 Å². The molecule has 0 aliphatic carbocycles. The normalized spacial score (nSPS) is 11.6. The molecular formula is C17H23F3O. The summed E-state index contributed by atoms with van der Waals surface area (Å²) in [6.07, 6.45) is 2.80. The number of ketones is 1. The summed E-state index contributed by atoms with van der Waals surface area (Å²) in [6, 6.07) is 5.03. The van der Waals surface area contributed by atoms with Crippen LogP contribution in [-0.4, -0.2) is 5.78 Å². The van der Waals surface area contributed by atoms with Crippen molar-refractivity contribution in [2.75, 3.05) is 0 Å². The lowest BCUT2D eigenvalue weighted by atomic mass is 10.0. The predicted octanol–water partition coefficient (Wildman–Crippen LogP) is 5.57. The fraction of sp³-hybridized carbons (Fsp3) is 0.588. The highest BCUT2D eigenvalue weighted by Gasteiger charge is 2.30. The Morgan fingerprint density at radius 3 is 2.38 bits per heavy atom. The number of carbonyl (C=O) groups is 1. The minimum Gasteiger partial charge on any atom is -0.299 e. The van der Waals surface area contributed by atoms with Gasteiger partial charge in [0, 0.05) is 12.8 Å². The Kier molecular flexibility index (Phi) is 7.48. The van der Waals surface area contributed by atoms with E-state index in [1.807, 2.05) is 0 Å². The van der Waals surface area contributed by atoms with Gasteiger partial charge in [0.05, 0.1) is 5.56 Å². The van der Waals surface area contributed by atoms with Crippen LogP contribution in [-0.2, 0) is 17.4 Å². The summed E-state index contributed by atoms with van der Waals surface area (Å²) in [5.41, 5.74) is -0.242. The standard InChI is InChI=1S/C17H23F3O/c1-2-3-4-5-6-7-11-16(21)13-14-9-8-10-15(12-14)17(18,19)20/h8-10,12H,2-7,11,13H2,1H3. The van der Waals surface area contributed by atoms with E-state index in [0.717, 1.165) is 31.4 Å². The van der Waals surface area contributed by atoms with Crippen molar-refractivity contribution in [3.8, 4) is 0 Å². The number of carbonyl (C=O) groups excluding carboxylic acids is 1. The number of alkyl halides is 3. The van der Waals surface area contributed by atoms with E-state index >= 15 is 0 Å². The zero-order valence-electron chi connectivity index (χ0n) is 12.5. The number of hydrogen-bond donors (Lipinski definition) is 0. The van der Waals surface area contributed by atoms with Crippen LogP contribution in [0.4, 0.5) is 13.2 Å². The van der Waals surface area contributed by atoms with Crippen molar-refractivity contribution in [1.29, 1.82) is 0 Å². The van der Waals surface area contributed by atoms with Crippen molar-refractivity contribution >= 4 is 5.78 Å². The summed E-state index contributed by atoms with van der Waals surface area (Å²) in [7, 11) is 0. The quantitative estimate of drug-likeness (QED) is 0.545. The van der Waals surface area contributed by atoms with Crippen LogP contribution >= 0.6 is 0 Å². The van der Waals surface area contributed by atoms with Gasteiger partial charge in [0.2, 0.25) is 0 Å². The number of hydrogen-bond acceptors (Lipinski definition) is 1. The van der Waals surface area contributed by atoms with Crippen LogP contribution in [0.15, 0.2) is 24.3 Å². The van der Waals surface area contributed by atoms with Gasteiger partial charge in [-0.1, -0.05) is 57.2 Å². The molecule has 0 unspecified atom stereocenters. The molecule has 0 spiro atoms. The molecule has 0 saturated heterocycles. The first-order valence-corrected chi connectivity index (χ1v) is 7.61. The SMILES string of the molecule is CCCCCCCCC(=O)Cc1cccc(C(F)(F)F)c1. The van der Waals surface area contributed by atoms with E-state index in [1.54, 1.807) is 6.07 Å². The summed E-state index contributed by atoms with van der Waals surface area (Å²) >= 11 is 0. The van der Waals surface area contributed by atoms with E-state index in [4.69, 9.17) is 0 Å². The van der Waals surface area contributed by atoms with Gasteiger partial charge < -0.3 is 0 Å². The van der Waals surface area contributed by atoms with Gasteiger partial charge in [-0.05, 0) is 18.1 Å². The van der Waals surface area contributed by atoms with Crippen molar-refractivity contribution in [3.05, 3.63) is 35.4 Å². The molecular weight excluding hydrogens is 277 g/mol. The first-order chi connectivity index (χ1) is 9.93. The van der Waals surface area contributed by atoms with E-state index in [1.165, 1.54) is 25.3 Å². The molecule has 21 heavy (non-hydrogen) atoms. The molecule has 0 radical (unpaired) electrons. The van der Waals surface area contributed by atoms with Crippen LogP contribution in [0.3, 0.4) is 0 Å².